The van der Waals surface area contributed by atoms with E-state index in [1.165, 1.54) is 39.6 Å². The van der Waals surface area contributed by atoms with E-state index in [9.17, 15) is 14.7 Å². The van der Waals surface area contributed by atoms with Gasteiger partial charge in [-0.2, -0.15) is 5.10 Å². The SMILES string of the molecule is CC(CC(=O)Nc1c2c(cc3c1CCC3)CCC2)O[C@H](Cn1cncn1)C(=O)O. The van der Waals surface area contributed by atoms with Crippen LogP contribution in [-0.2, 0) is 46.6 Å². The molecule has 2 aliphatic carbocycles. The van der Waals surface area contributed by atoms with Gasteiger partial charge in [-0.05, 0) is 67.7 Å². The minimum atomic E-state index is -1.09. The first-order valence-electron chi connectivity index (χ1n) is 10.2. The van der Waals surface area contributed by atoms with Gasteiger partial charge < -0.3 is 15.2 Å². The summed E-state index contributed by atoms with van der Waals surface area (Å²) in [6.45, 7) is 1.76. The minimum Gasteiger partial charge on any atom is -0.479 e. The summed E-state index contributed by atoms with van der Waals surface area (Å²) in [5.41, 5.74) is 6.29. The maximum atomic E-state index is 12.7. The van der Waals surface area contributed by atoms with Gasteiger partial charge >= 0.3 is 5.97 Å². The van der Waals surface area contributed by atoms with Crippen LogP contribution in [-0.4, -0.2) is 44.0 Å². The monoisotopic (exact) mass is 398 g/mol. The Morgan fingerprint density at radius 2 is 1.90 bits per heavy atom. The molecule has 8 nitrogen and oxygen atoms in total. The third-order valence-electron chi connectivity index (χ3n) is 5.70. The van der Waals surface area contributed by atoms with Crippen LogP contribution in [0.1, 0.15) is 48.4 Å². The number of nitrogens with zero attached hydrogens (tertiary/aromatic N) is 3. The standard InChI is InChI=1S/C21H26N4O4/c1-13(29-18(21(27)28)10-25-12-22-11-23-25)8-19(26)24-20-16-6-2-4-14(16)9-15-5-3-7-17(15)20/h9,11-13,18H,2-8,10H2,1H3,(H,24,26)(H,27,28)/t13?,18-/m1/s1. The van der Waals surface area contributed by atoms with Gasteiger partial charge in [-0.15, -0.1) is 0 Å². The number of aromatic nitrogens is 3. The van der Waals surface area contributed by atoms with Crippen molar-refractivity contribution in [2.45, 2.75) is 70.6 Å². The van der Waals surface area contributed by atoms with Crippen LogP contribution < -0.4 is 5.32 Å². The maximum Gasteiger partial charge on any atom is 0.334 e. The molecule has 0 fully saturated rings. The normalized spacial score (nSPS) is 16.9. The summed E-state index contributed by atoms with van der Waals surface area (Å²) >= 11 is 0. The summed E-state index contributed by atoms with van der Waals surface area (Å²) in [5.74, 6) is -1.23. The fourth-order valence-electron chi connectivity index (χ4n) is 4.42. The molecule has 2 atom stereocenters. The summed E-state index contributed by atoms with van der Waals surface area (Å²) in [6.07, 6.45) is 7.66. The molecule has 0 radical (unpaired) electrons. The van der Waals surface area contributed by atoms with Crippen LogP contribution in [0.4, 0.5) is 5.69 Å². The lowest BCUT2D eigenvalue weighted by Crippen LogP contribution is -2.34. The molecule has 0 spiro atoms. The minimum absolute atomic E-state index is 0.0427. The molecule has 2 aromatic rings. The van der Waals surface area contributed by atoms with E-state index in [1.54, 1.807) is 6.92 Å². The van der Waals surface area contributed by atoms with Gasteiger partial charge in [0.15, 0.2) is 6.10 Å². The molecule has 29 heavy (non-hydrogen) atoms. The summed E-state index contributed by atoms with van der Waals surface area (Å²) in [7, 11) is 0. The molecule has 4 rings (SSSR count). The molecule has 0 saturated heterocycles. The van der Waals surface area contributed by atoms with Gasteiger partial charge in [-0.3, -0.25) is 4.79 Å². The highest BCUT2D eigenvalue weighted by atomic mass is 16.5. The van der Waals surface area contributed by atoms with E-state index in [4.69, 9.17) is 4.74 Å². The molecule has 8 heteroatoms. The Morgan fingerprint density at radius 3 is 2.48 bits per heavy atom. The molecular formula is C21H26N4O4. The van der Waals surface area contributed by atoms with Crippen molar-refractivity contribution in [2.75, 3.05) is 5.32 Å². The molecule has 0 saturated carbocycles. The highest BCUT2D eigenvalue weighted by Crippen LogP contribution is 2.38. The summed E-state index contributed by atoms with van der Waals surface area (Å²) in [4.78, 5) is 28.0. The van der Waals surface area contributed by atoms with Gasteiger partial charge in [0, 0.05) is 5.69 Å². The number of carboxylic acid groups (broad SMARTS) is 1. The van der Waals surface area contributed by atoms with E-state index in [0.29, 0.717) is 0 Å². The van der Waals surface area contributed by atoms with Crippen molar-refractivity contribution in [1.29, 1.82) is 0 Å². The molecule has 154 valence electrons. The largest absolute Gasteiger partial charge is 0.479 e. The third kappa shape index (κ3) is 4.32. The highest BCUT2D eigenvalue weighted by Gasteiger charge is 2.27. The summed E-state index contributed by atoms with van der Waals surface area (Å²) in [6, 6.07) is 2.33. The van der Waals surface area contributed by atoms with Crippen molar-refractivity contribution in [1.82, 2.24) is 14.8 Å². The first-order chi connectivity index (χ1) is 14.0. The van der Waals surface area contributed by atoms with Gasteiger partial charge in [0.25, 0.3) is 0 Å². The third-order valence-corrected chi connectivity index (χ3v) is 5.70. The molecule has 2 aliphatic rings. The van der Waals surface area contributed by atoms with Crippen LogP contribution in [0.15, 0.2) is 18.7 Å². The molecular weight excluding hydrogens is 372 g/mol. The predicted octanol–water partition coefficient (Wildman–Crippen LogP) is 2.14. The summed E-state index contributed by atoms with van der Waals surface area (Å²) < 4.78 is 7.03. The van der Waals surface area contributed by atoms with Crippen LogP contribution in [0.2, 0.25) is 0 Å². The Bertz CT molecular complexity index is 878. The average molecular weight is 398 g/mol. The molecule has 1 heterocycles. The Kier molecular flexibility index (Phi) is 5.62. The maximum absolute atomic E-state index is 12.7. The number of hydrogen-bond acceptors (Lipinski definition) is 5. The molecule has 1 amide bonds. The number of aliphatic carboxylic acids is 1. The van der Waals surface area contributed by atoms with Gasteiger partial charge in [-0.1, -0.05) is 6.07 Å². The average Bonchev–Trinajstić information content (AvgIpc) is 3.42. The van der Waals surface area contributed by atoms with Gasteiger partial charge in [0.05, 0.1) is 19.1 Å². The lowest BCUT2D eigenvalue weighted by molar-refractivity contribution is -0.156. The second kappa shape index (κ2) is 8.32. The zero-order valence-electron chi connectivity index (χ0n) is 16.6. The number of anilines is 1. The number of fused-ring (bicyclic) bond motifs is 2. The Balaban J connectivity index is 1.40. The number of carboxylic acids is 1. The number of amides is 1. The van der Waals surface area contributed by atoms with Crippen LogP contribution >= 0.6 is 0 Å². The van der Waals surface area contributed by atoms with Gasteiger partial charge in [-0.25, -0.2) is 14.5 Å². The first-order valence-corrected chi connectivity index (χ1v) is 10.2. The highest BCUT2D eigenvalue weighted by molar-refractivity contribution is 5.93. The molecule has 1 aromatic heterocycles. The van der Waals surface area contributed by atoms with Crippen molar-refractivity contribution in [3.05, 3.63) is 41.0 Å². The van der Waals surface area contributed by atoms with Crippen LogP contribution in [0, 0.1) is 0 Å². The van der Waals surface area contributed by atoms with Gasteiger partial charge in [0.1, 0.15) is 12.7 Å². The second-order valence-corrected chi connectivity index (χ2v) is 7.88. The number of carbonyl (C=O) groups is 2. The van der Waals surface area contributed by atoms with E-state index in [-0.39, 0.29) is 18.9 Å². The second-order valence-electron chi connectivity index (χ2n) is 7.88. The van der Waals surface area contributed by atoms with Crippen LogP contribution in [0.5, 0.6) is 0 Å². The Morgan fingerprint density at radius 1 is 1.21 bits per heavy atom. The topological polar surface area (TPSA) is 106 Å². The molecule has 2 N–H and O–H groups in total. The first kappa shape index (κ1) is 19.6. The van der Waals surface area contributed by atoms with Crippen molar-refractivity contribution >= 4 is 17.6 Å². The number of hydrogen-bond donors (Lipinski definition) is 2. The van der Waals surface area contributed by atoms with Crippen LogP contribution in [0.3, 0.4) is 0 Å². The number of ether oxygens (including phenoxy) is 1. The molecule has 1 aromatic carbocycles. The lowest BCUT2D eigenvalue weighted by atomic mass is 9.98. The number of nitrogens with one attached hydrogen (secondary N) is 1. The number of benzene rings is 1. The van der Waals surface area contributed by atoms with Crippen molar-refractivity contribution < 1.29 is 19.4 Å². The number of carbonyl (C=O) groups excluding carboxylic acids is 1. The predicted molar refractivity (Wildman–Crippen MR) is 106 cm³/mol. The van der Waals surface area contributed by atoms with Crippen molar-refractivity contribution in [2.24, 2.45) is 0 Å². The van der Waals surface area contributed by atoms with E-state index in [1.807, 2.05) is 0 Å². The van der Waals surface area contributed by atoms with Crippen LogP contribution in [0.25, 0.3) is 0 Å². The number of rotatable bonds is 8. The zero-order chi connectivity index (χ0) is 20.4. The lowest BCUT2D eigenvalue weighted by Gasteiger charge is -2.20. The summed E-state index contributed by atoms with van der Waals surface area (Å²) in [5, 5.41) is 16.5. The van der Waals surface area contributed by atoms with Crippen molar-refractivity contribution in [3.63, 3.8) is 0 Å². The fourth-order valence-corrected chi connectivity index (χ4v) is 4.42. The molecule has 1 unspecified atom stereocenters. The van der Waals surface area contributed by atoms with E-state index in [0.717, 1.165) is 44.2 Å². The van der Waals surface area contributed by atoms with E-state index >= 15 is 0 Å². The van der Waals surface area contributed by atoms with E-state index in [2.05, 4.69) is 21.5 Å². The zero-order valence-corrected chi connectivity index (χ0v) is 16.6. The Hall–Kier alpha value is -2.74. The van der Waals surface area contributed by atoms with Crippen molar-refractivity contribution in [3.8, 4) is 0 Å². The molecule has 0 aliphatic heterocycles. The van der Waals surface area contributed by atoms with E-state index < -0.39 is 18.2 Å². The molecule has 0 bridgehead atoms. The Labute approximate surface area is 169 Å². The number of aryl methyl sites for hydroxylation is 2. The fraction of sp³-hybridized carbons (Fsp3) is 0.524. The quantitative estimate of drug-likeness (QED) is 0.706. The smallest absolute Gasteiger partial charge is 0.334 e. The van der Waals surface area contributed by atoms with Gasteiger partial charge in [0.2, 0.25) is 5.91 Å².